The minimum atomic E-state index is -0.861. The van der Waals surface area contributed by atoms with E-state index in [4.69, 9.17) is 0 Å². The van der Waals surface area contributed by atoms with E-state index in [1.807, 2.05) is 19.1 Å². The van der Waals surface area contributed by atoms with Crippen LogP contribution in [0.25, 0.3) is 0 Å². The van der Waals surface area contributed by atoms with Crippen LogP contribution in [0.3, 0.4) is 0 Å². The highest BCUT2D eigenvalue weighted by molar-refractivity contribution is 5.27. The van der Waals surface area contributed by atoms with Crippen molar-refractivity contribution < 1.29 is 9.50 Å². The molecule has 2 rings (SSSR count). The predicted octanol–water partition coefficient (Wildman–Crippen LogP) is 3.11. The number of halogens is 1. The van der Waals surface area contributed by atoms with Crippen LogP contribution < -0.4 is 0 Å². The van der Waals surface area contributed by atoms with E-state index in [9.17, 15) is 9.50 Å². The Balaban J connectivity index is 2.19. The van der Waals surface area contributed by atoms with Crippen LogP contribution in [0.4, 0.5) is 4.39 Å². The smallest absolute Gasteiger partial charge is 0.131 e. The van der Waals surface area contributed by atoms with Crippen LogP contribution in [-0.4, -0.2) is 10.1 Å². The number of hydrogen-bond donors (Lipinski definition) is 1. The van der Waals surface area contributed by atoms with Gasteiger partial charge >= 0.3 is 0 Å². The molecule has 1 N–H and O–H groups in total. The van der Waals surface area contributed by atoms with Gasteiger partial charge in [-0.25, -0.2) is 4.39 Å². The Morgan fingerprint density at radius 1 is 1.22 bits per heavy atom. The third-order valence-corrected chi connectivity index (χ3v) is 2.96. The Labute approximate surface area is 106 Å². The van der Waals surface area contributed by atoms with Crippen LogP contribution in [-0.2, 0) is 6.42 Å². The van der Waals surface area contributed by atoms with E-state index < -0.39 is 6.10 Å². The Hall–Kier alpha value is -1.74. The fourth-order valence-corrected chi connectivity index (χ4v) is 1.85. The molecular formula is C15H16FNO. The van der Waals surface area contributed by atoms with Crippen LogP contribution in [0.5, 0.6) is 0 Å². The van der Waals surface area contributed by atoms with Gasteiger partial charge in [-0.2, -0.15) is 0 Å². The molecule has 1 heterocycles. The van der Waals surface area contributed by atoms with E-state index in [-0.39, 0.29) is 5.82 Å². The van der Waals surface area contributed by atoms with Crippen molar-refractivity contribution in [3.8, 4) is 0 Å². The fraction of sp³-hybridized carbons (Fsp3) is 0.267. The highest BCUT2D eigenvalue weighted by atomic mass is 19.1. The van der Waals surface area contributed by atoms with E-state index in [0.29, 0.717) is 17.5 Å². The van der Waals surface area contributed by atoms with Crippen molar-refractivity contribution in [1.29, 1.82) is 0 Å². The molecule has 0 radical (unpaired) electrons. The summed E-state index contributed by atoms with van der Waals surface area (Å²) in [5, 5.41) is 10.1. The minimum Gasteiger partial charge on any atom is -0.388 e. The number of aliphatic hydroxyl groups excluding tert-OH is 1. The first-order valence-corrected chi connectivity index (χ1v) is 5.92. The van der Waals surface area contributed by atoms with Crippen molar-refractivity contribution in [3.05, 3.63) is 64.7 Å². The van der Waals surface area contributed by atoms with Crippen molar-refractivity contribution in [2.24, 2.45) is 0 Å². The quantitative estimate of drug-likeness (QED) is 0.901. The van der Waals surface area contributed by atoms with Crippen LogP contribution >= 0.6 is 0 Å². The maximum absolute atomic E-state index is 13.8. The molecule has 1 unspecified atom stereocenters. The summed E-state index contributed by atoms with van der Waals surface area (Å²) in [5.74, 6) is -0.336. The van der Waals surface area contributed by atoms with Gasteiger partial charge in [0.2, 0.25) is 0 Å². The third-order valence-electron chi connectivity index (χ3n) is 2.96. The van der Waals surface area contributed by atoms with Crippen molar-refractivity contribution in [2.75, 3.05) is 0 Å². The monoisotopic (exact) mass is 245 g/mol. The predicted molar refractivity (Wildman–Crippen MR) is 68.8 cm³/mol. The first-order valence-electron chi connectivity index (χ1n) is 5.92. The maximum atomic E-state index is 13.8. The van der Waals surface area contributed by atoms with Crippen molar-refractivity contribution in [3.63, 3.8) is 0 Å². The molecule has 0 amide bonds. The number of hydrogen-bond acceptors (Lipinski definition) is 2. The average Bonchev–Trinajstić information content (AvgIpc) is 2.35. The molecule has 0 fully saturated rings. The zero-order chi connectivity index (χ0) is 13.1. The first kappa shape index (κ1) is 12.7. The van der Waals surface area contributed by atoms with E-state index in [0.717, 1.165) is 11.3 Å². The fourth-order valence-electron chi connectivity index (χ4n) is 1.85. The van der Waals surface area contributed by atoms with Crippen LogP contribution in [0.1, 0.15) is 28.5 Å². The summed E-state index contributed by atoms with van der Waals surface area (Å²) in [7, 11) is 0. The lowest BCUT2D eigenvalue weighted by Crippen LogP contribution is -2.06. The summed E-state index contributed by atoms with van der Waals surface area (Å²) in [6.07, 6.45) is 1.20. The molecule has 1 atom stereocenters. The Bertz CT molecular complexity index is 537. The van der Waals surface area contributed by atoms with Crippen LogP contribution in [0, 0.1) is 19.7 Å². The number of nitrogens with zero attached hydrogens (tertiary/aromatic N) is 1. The van der Waals surface area contributed by atoms with Crippen molar-refractivity contribution in [2.45, 2.75) is 26.4 Å². The molecule has 1 aromatic heterocycles. The summed E-state index contributed by atoms with van der Waals surface area (Å²) in [5.41, 5.74) is 2.70. The van der Waals surface area contributed by atoms with Gasteiger partial charge in [0.15, 0.2) is 0 Å². The molecule has 2 nitrogen and oxygen atoms in total. The second kappa shape index (κ2) is 5.27. The number of aromatic nitrogens is 1. The van der Waals surface area contributed by atoms with Crippen molar-refractivity contribution in [1.82, 2.24) is 4.98 Å². The molecule has 0 aliphatic heterocycles. The third kappa shape index (κ3) is 2.74. The summed E-state index contributed by atoms with van der Waals surface area (Å²) in [6, 6.07) is 8.84. The summed E-state index contributed by atoms with van der Waals surface area (Å²) in [6.45, 7) is 3.64. The van der Waals surface area contributed by atoms with E-state index in [1.54, 1.807) is 31.3 Å². The van der Waals surface area contributed by atoms with Crippen molar-refractivity contribution >= 4 is 0 Å². The summed E-state index contributed by atoms with van der Waals surface area (Å²) >= 11 is 0. The lowest BCUT2D eigenvalue weighted by atomic mass is 10.0. The topological polar surface area (TPSA) is 33.1 Å². The van der Waals surface area contributed by atoms with Gasteiger partial charge in [0.1, 0.15) is 5.82 Å². The molecule has 1 aromatic carbocycles. The molecule has 94 valence electrons. The SMILES string of the molecule is Cc1ccc(CC(O)c2cccc(C)c2F)nc1. The van der Waals surface area contributed by atoms with E-state index >= 15 is 0 Å². The van der Waals surface area contributed by atoms with Gasteiger partial charge in [0.25, 0.3) is 0 Å². The highest BCUT2D eigenvalue weighted by Gasteiger charge is 2.15. The van der Waals surface area contributed by atoms with Gasteiger partial charge in [-0.05, 0) is 31.0 Å². The number of benzene rings is 1. The van der Waals surface area contributed by atoms with Gasteiger partial charge in [0, 0.05) is 23.9 Å². The van der Waals surface area contributed by atoms with Crippen LogP contribution in [0.15, 0.2) is 36.5 Å². The molecular weight excluding hydrogens is 229 g/mol. The first-order chi connectivity index (χ1) is 8.58. The molecule has 0 aliphatic carbocycles. The zero-order valence-corrected chi connectivity index (χ0v) is 10.5. The molecule has 18 heavy (non-hydrogen) atoms. The number of pyridine rings is 1. The Morgan fingerprint density at radius 3 is 2.67 bits per heavy atom. The molecule has 0 saturated heterocycles. The second-order valence-electron chi connectivity index (χ2n) is 4.52. The van der Waals surface area contributed by atoms with E-state index in [1.165, 1.54) is 0 Å². The molecule has 0 saturated carbocycles. The molecule has 2 aromatic rings. The Kier molecular flexibility index (Phi) is 3.72. The largest absolute Gasteiger partial charge is 0.388 e. The van der Waals surface area contributed by atoms with Gasteiger partial charge in [-0.3, -0.25) is 4.98 Å². The summed E-state index contributed by atoms with van der Waals surface area (Å²) in [4.78, 5) is 4.21. The average molecular weight is 245 g/mol. The molecule has 0 aliphatic rings. The number of aryl methyl sites for hydroxylation is 2. The van der Waals surface area contributed by atoms with Gasteiger partial charge < -0.3 is 5.11 Å². The molecule has 0 bridgehead atoms. The van der Waals surface area contributed by atoms with Crippen LogP contribution in [0.2, 0.25) is 0 Å². The minimum absolute atomic E-state index is 0.320. The summed E-state index contributed by atoms with van der Waals surface area (Å²) < 4.78 is 13.8. The molecule has 0 spiro atoms. The number of rotatable bonds is 3. The second-order valence-corrected chi connectivity index (χ2v) is 4.52. The van der Waals surface area contributed by atoms with Gasteiger partial charge in [-0.15, -0.1) is 0 Å². The zero-order valence-electron chi connectivity index (χ0n) is 10.5. The maximum Gasteiger partial charge on any atom is 0.131 e. The lowest BCUT2D eigenvalue weighted by molar-refractivity contribution is 0.172. The molecule has 3 heteroatoms. The van der Waals surface area contributed by atoms with Gasteiger partial charge in [0.05, 0.1) is 6.10 Å². The Morgan fingerprint density at radius 2 is 2.00 bits per heavy atom. The van der Waals surface area contributed by atoms with E-state index in [2.05, 4.69) is 4.98 Å². The normalized spacial score (nSPS) is 12.4. The van der Waals surface area contributed by atoms with Gasteiger partial charge in [-0.1, -0.05) is 24.3 Å². The highest BCUT2D eigenvalue weighted by Crippen LogP contribution is 2.22. The number of aliphatic hydroxyl groups is 1. The lowest BCUT2D eigenvalue weighted by Gasteiger charge is -2.12. The standard InChI is InChI=1S/C15H16FNO/c1-10-6-7-12(17-9-10)8-14(18)13-5-3-4-11(2)15(13)16/h3-7,9,14,18H,8H2,1-2H3.